The molecule has 1 aromatic heterocycles. The van der Waals surface area contributed by atoms with Crippen LogP contribution in [0.25, 0.3) is 0 Å². The highest BCUT2D eigenvalue weighted by molar-refractivity contribution is 6.33. The van der Waals surface area contributed by atoms with Crippen LogP contribution < -0.4 is 16.2 Å². The number of nitrogens with zero attached hydrogens (tertiary/aromatic N) is 3. The average molecular weight is 299 g/mol. The molecule has 2 atom stereocenters. The van der Waals surface area contributed by atoms with Crippen molar-refractivity contribution in [2.75, 3.05) is 11.5 Å². The lowest BCUT2D eigenvalue weighted by Crippen LogP contribution is -2.48. The largest absolute Gasteiger partial charge is 0.394 e. The van der Waals surface area contributed by atoms with Gasteiger partial charge in [0.1, 0.15) is 5.02 Å². The van der Waals surface area contributed by atoms with Crippen LogP contribution >= 0.6 is 11.6 Å². The second kappa shape index (κ2) is 5.35. The third-order valence-corrected chi connectivity index (χ3v) is 4.68. The molecule has 2 saturated heterocycles. The number of anilines is 1. The van der Waals surface area contributed by atoms with Crippen molar-refractivity contribution in [2.45, 2.75) is 50.4 Å². The normalized spacial score (nSPS) is 28.9. The first-order valence-corrected chi connectivity index (χ1v) is 7.40. The first-order chi connectivity index (χ1) is 9.61. The number of aromatic nitrogens is 2. The van der Waals surface area contributed by atoms with E-state index in [2.05, 4.69) is 10.00 Å². The highest BCUT2D eigenvalue weighted by Gasteiger charge is 2.40. The Labute approximate surface area is 122 Å². The number of rotatable bonds is 3. The van der Waals surface area contributed by atoms with Crippen LogP contribution in [-0.2, 0) is 6.54 Å². The smallest absolute Gasteiger partial charge is 0.287 e. The van der Waals surface area contributed by atoms with E-state index in [1.807, 2.05) is 0 Å². The Balaban J connectivity index is 1.96. The number of aliphatic hydroxyl groups excluding tert-OH is 1. The predicted octanol–water partition coefficient (Wildman–Crippen LogP) is 0.347. The second-order valence-corrected chi connectivity index (χ2v) is 6.00. The minimum atomic E-state index is -0.340. The Bertz CT molecular complexity index is 548. The number of nitrogens with two attached hydrogens (primary N) is 1. The summed E-state index contributed by atoms with van der Waals surface area (Å²) in [7, 11) is 0. The Kier molecular flexibility index (Phi) is 3.70. The standard InChI is InChI=1S/C13H19ClN4O2/c14-12-11(7-16-17(3-4-19)13(12)20)18-9-1-2-10(18)6-8(15)5-9/h7-10,19H,1-6,15H2. The lowest BCUT2D eigenvalue weighted by Gasteiger charge is -2.39. The van der Waals surface area contributed by atoms with Gasteiger partial charge in [-0.3, -0.25) is 4.79 Å². The molecule has 0 radical (unpaired) electrons. The van der Waals surface area contributed by atoms with Gasteiger partial charge in [0.2, 0.25) is 0 Å². The predicted molar refractivity (Wildman–Crippen MR) is 77.1 cm³/mol. The van der Waals surface area contributed by atoms with E-state index in [0.29, 0.717) is 17.8 Å². The number of fused-ring (bicyclic) bond motifs is 2. The van der Waals surface area contributed by atoms with E-state index < -0.39 is 0 Å². The molecule has 0 aromatic carbocycles. The van der Waals surface area contributed by atoms with Crippen LogP contribution in [0.1, 0.15) is 25.7 Å². The zero-order valence-electron chi connectivity index (χ0n) is 11.2. The highest BCUT2D eigenvalue weighted by atomic mass is 35.5. The number of aliphatic hydroxyl groups is 1. The van der Waals surface area contributed by atoms with Crippen molar-refractivity contribution in [3.8, 4) is 0 Å². The van der Waals surface area contributed by atoms with Gasteiger partial charge < -0.3 is 15.7 Å². The van der Waals surface area contributed by atoms with E-state index in [0.717, 1.165) is 25.7 Å². The molecule has 0 spiro atoms. The van der Waals surface area contributed by atoms with Gasteiger partial charge in [0, 0.05) is 18.1 Å². The monoisotopic (exact) mass is 298 g/mol. The molecule has 3 heterocycles. The number of hydrogen-bond donors (Lipinski definition) is 2. The number of piperidine rings is 1. The number of hydrogen-bond acceptors (Lipinski definition) is 5. The Morgan fingerprint density at radius 3 is 2.65 bits per heavy atom. The maximum Gasteiger partial charge on any atom is 0.287 e. The van der Waals surface area contributed by atoms with Gasteiger partial charge in [-0.15, -0.1) is 0 Å². The third-order valence-electron chi connectivity index (χ3n) is 4.33. The molecule has 0 aliphatic carbocycles. The molecule has 2 fully saturated rings. The molecule has 3 rings (SSSR count). The van der Waals surface area contributed by atoms with Gasteiger partial charge in [-0.2, -0.15) is 5.10 Å². The quantitative estimate of drug-likeness (QED) is 0.841. The van der Waals surface area contributed by atoms with Gasteiger partial charge in [-0.05, 0) is 25.7 Å². The van der Waals surface area contributed by atoms with Crippen molar-refractivity contribution in [3.05, 3.63) is 21.6 Å². The summed E-state index contributed by atoms with van der Waals surface area (Å²) >= 11 is 6.23. The number of halogens is 1. The highest BCUT2D eigenvalue weighted by Crippen LogP contribution is 2.40. The van der Waals surface area contributed by atoms with Crippen LogP contribution in [0.3, 0.4) is 0 Å². The van der Waals surface area contributed by atoms with Gasteiger partial charge in [0.25, 0.3) is 5.56 Å². The molecule has 20 heavy (non-hydrogen) atoms. The fourth-order valence-corrected chi connectivity index (χ4v) is 3.75. The van der Waals surface area contributed by atoms with E-state index >= 15 is 0 Å². The van der Waals surface area contributed by atoms with Crippen molar-refractivity contribution in [1.29, 1.82) is 0 Å². The summed E-state index contributed by atoms with van der Waals surface area (Å²) in [5, 5.41) is 13.2. The molecule has 0 saturated carbocycles. The fraction of sp³-hybridized carbons (Fsp3) is 0.692. The van der Waals surface area contributed by atoms with Crippen LogP contribution in [0.15, 0.2) is 11.0 Å². The molecular weight excluding hydrogens is 280 g/mol. The van der Waals surface area contributed by atoms with Crippen LogP contribution in [0, 0.1) is 0 Å². The maximum atomic E-state index is 12.1. The first kappa shape index (κ1) is 13.9. The molecule has 6 nitrogen and oxygen atoms in total. The van der Waals surface area contributed by atoms with Crippen molar-refractivity contribution in [1.82, 2.24) is 9.78 Å². The first-order valence-electron chi connectivity index (χ1n) is 7.02. The summed E-state index contributed by atoms with van der Waals surface area (Å²) in [6, 6.07) is 0.956. The van der Waals surface area contributed by atoms with Crippen LogP contribution in [-0.4, -0.2) is 39.6 Å². The van der Waals surface area contributed by atoms with Crippen LogP contribution in [0.5, 0.6) is 0 Å². The molecular formula is C13H19ClN4O2. The molecule has 2 unspecified atom stereocenters. The van der Waals surface area contributed by atoms with E-state index in [1.165, 1.54) is 4.68 Å². The SMILES string of the molecule is NC1CC2CCC(C1)N2c1cnn(CCO)c(=O)c1Cl. The summed E-state index contributed by atoms with van der Waals surface area (Å²) in [6.45, 7) is 0.0307. The summed E-state index contributed by atoms with van der Waals surface area (Å²) in [4.78, 5) is 14.4. The lowest BCUT2D eigenvalue weighted by atomic mass is 9.98. The molecule has 0 amide bonds. The second-order valence-electron chi connectivity index (χ2n) is 5.62. The minimum absolute atomic E-state index is 0.133. The fourth-order valence-electron chi connectivity index (χ4n) is 3.50. The van der Waals surface area contributed by atoms with Crippen molar-refractivity contribution >= 4 is 17.3 Å². The topological polar surface area (TPSA) is 84.4 Å². The van der Waals surface area contributed by atoms with Crippen molar-refractivity contribution in [2.24, 2.45) is 5.73 Å². The van der Waals surface area contributed by atoms with E-state index in [-0.39, 0.29) is 29.8 Å². The van der Waals surface area contributed by atoms with Gasteiger partial charge in [-0.1, -0.05) is 11.6 Å². The van der Waals surface area contributed by atoms with E-state index in [9.17, 15) is 4.79 Å². The van der Waals surface area contributed by atoms with Gasteiger partial charge in [0.15, 0.2) is 0 Å². The Hall–Kier alpha value is -1.11. The molecule has 1 aromatic rings. The van der Waals surface area contributed by atoms with Crippen LogP contribution in [0.4, 0.5) is 5.69 Å². The van der Waals surface area contributed by atoms with Gasteiger partial charge in [-0.25, -0.2) is 4.68 Å². The summed E-state index contributed by atoms with van der Waals surface area (Å²) in [5.41, 5.74) is 6.43. The third kappa shape index (κ3) is 2.21. The van der Waals surface area contributed by atoms with Crippen molar-refractivity contribution in [3.63, 3.8) is 0 Å². The summed E-state index contributed by atoms with van der Waals surface area (Å²) in [5.74, 6) is 0. The lowest BCUT2D eigenvalue weighted by molar-refractivity contribution is 0.266. The minimum Gasteiger partial charge on any atom is -0.394 e. The molecule has 3 N–H and O–H groups in total. The summed E-state index contributed by atoms with van der Waals surface area (Å²) < 4.78 is 1.20. The van der Waals surface area contributed by atoms with E-state index in [4.69, 9.17) is 22.4 Å². The van der Waals surface area contributed by atoms with Crippen molar-refractivity contribution < 1.29 is 5.11 Å². The zero-order chi connectivity index (χ0) is 14.3. The Morgan fingerprint density at radius 1 is 1.40 bits per heavy atom. The zero-order valence-corrected chi connectivity index (χ0v) is 12.0. The molecule has 110 valence electrons. The maximum absolute atomic E-state index is 12.1. The molecule has 2 bridgehead atoms. The summed E-state index contributed by atoms with van der Waals surface area (Å²) in [6.07, 6.45) is 5.70. The Morgan fingerprint density at radius 2 is 2.05 bits per heavy atom. The van der Waals surface area contributed by atoms with E-state index in [1.54, 1.807) is 6.20 Å². The molecule has 7 heteroatoms. The molecule has 2 aliphatic heterocycles. The van der Waals surface area contributed by atoms with Crippen LogP contribution in [0.2, 0.25) is 5.02 Å². The average Bonchev–Trinajstić information content (AvgIpc) is 2.68. The molecule has 2 aliphatic rings. The van der Waals surface area contributed by atoms with Gasteiger partial charge in [0.05, 0.1) is 25.0 Å². The van der Waals surface area contributed by atoms with Gasteiger partial charge >= 0.3 is 0 Å².